The SMILES string of the molecule is COc1cccc([C@@H](C)NCC(O)Cn2cccn2)c1. The van der Waals surface area contributed by atoms with E-state index in [1.807, 2.05) is 36.5 Å². The summed E-state index contributed by atoms with van der Waals surface area (Å²) in [5.41, 5.74) is 1.13. The maximum absolute atomic E-state index is 9.97. The summed E-state index contributed by atoms with van der Waals surface area (Å²) in [5, 5.41) is 17.4. The van der Waals surface area contributed by atoms with Crippen molar-refractivity contribution in [3.8, 4) is 5.75 Å². The number of nitrogens with one attached hydrogen (secondary N) is 1. The summed E-state index contributed by atoms with van der Waals surface area (Å²) in [6.07, 6.45) is 3.08. The second-order valence-electron chi connectivity index (χ2n) is 4.79. The number of aliphatic hydroxyl groups is 1. The molecule has 5 heteroatoms. The molecule has 5 nitrogen and oxygen atoms in total. The molecule has 2 N–H and O–H groups in total. The molecule has 2 atom stereocenters. The standard InChI is InChI=1S/C15H21N3O2/c1-12(13-5-3-6-15(9-13)20-2)16-10-14(19)11-18-8-4-7-17-18/h3-9,12,14,16,19H,10-11H2,1-2H3/t12-,14?/m1/s1. The average molecular weight is 275 g/mol. The van der Waals surface area contributed by atoms with Crippen LogP contribution in [0.3, 0.4) is 0 Å². The van der Waals surface area contributed by atoms with Crippen molar-refractivity contribution in [3.63, 3.8) is 0 Å². The Labute approximate surface area is 119 Å². The second kappa shape index (κ2) is 7.07. The van der Waals surface area contributed by atoms with Crippen LogP contribution >= 0.6 is 0 Å². The number of aromatic nitrogens is 2. The molecule has 0 saturated heterocycles. The molecule has 0 aliphatic heterocycles. The third-order valence-electron chi connectivity index (χ3n) is 3.21. The molecule has 1 heterocycles. The Morgan fingerprint density at radius 2 is 2.25 bits per heavy atom. The van der Waals surface area contributed by atoms with E-state index in [2.05, 4.69) is 17.3 Å². The lowest BCUT2D eigenvalue weighted by molar-refractivity contribution is 0.143. The lowest BCUT2D eigenvalue weighted by atomic mass is 10.1. The van der Waals surface area contributed by atoms with Crippen molar-refractivity contribution in [2.75, 3.05) is 13.7 Å². The Morgan fingerprint density at radius 1 is 1.40 bits per heavy atom. The summed E-state index contributed by atoms with van der Waals surface area (Å²) >= 11 is 0. The molecule has 1 unspecified atom stereocenters. The van der Waals surface area contributed by atoms with Gasteiger partial charge in [0.05, 0.1) is 19.8 Å². The predicted octanol–water partition coefficient (Wildman–Crippen LogP) is 1.60. The summed E-state index contributed by atoms with van der Waals surface area (Å²) in [6.45, 7) is 3.07. The van der Waals surface area contributed by atoms with E-state index in [1.165, 1.54) is 0 Å². The molecule has 0 fully saturated rings. The zero-order valence-electron chi connectivity index (χ0n) is 11.9. The molecule has 1 aromatic carbocycles. The molecule has 108 valence electrons. The molecule has 2 aromatic rings. The van der Waals surface area contributed by atoms with Crippen molar-refractivity contribution in [1.29, 1.82) is 0 Å². The fourth-order valence-electron chi connectivity index (χ4n) is 2.03. The van der Waals surface area contributed by atoms with Gasteiger partial charge < -0.3 is 15.2 Å². The number of nitrogens with zero attached hydrogens (tertiary/aromatic N) is 2. The number of hydrogen-bond acceptors (Lipinski definition) is 4. The van der Waals surface area contributed by atoms with Crippen molar-refractivity contribution < 1.29 is 9.84 Å². The summed E-state index contributed by atoms with van der Waals surface area (Å²) in [7, 11) is 1.66. The van der Waals surface area contributed by atoms with Gasteiger partial charge in [-0.3, -0.25) is 4.68 Å². The number of hydrogen-bond donors (Lipinski definition) is 2. The zero-order chi connectivity index (χ0) is 14.4. The van der Waals surface area contributed by atoms with Gasteiger partial charge in [-0.1, -0.05) is 12.1 Å². The van der Waals surface area contributed by atoms with Gasteiger partial charge in [0.1, 0.15) is 5.75 Å². The van der Waals surface area contributed by atoms with Gasteiger partial charge in [-0.25, -0.2) is 0 Å². The Hall–Kier alpha value is -1.85. The van der Waals surface area contributed by atoms with Crippen LogP contribution < -0.4 is 10.1 Å². The summed E-state index contributed by atoms with van der Waals surface area (Å²) < 4.78 is 6.94. The van der Waals surface area contributed by atoms with Gasteiger partial charge in [0.25, 0.3) is 0 Å². The highest BCUT2D eigenvalue weighted by Gasteiger charge is 2.10. The first-order valence-electron chi connectivity index (χ1n) is 6.72. The van der Waals surface area contributed by atoms with Crippen molar-refractivity contribution in [2.24, 2.45) is 0 Å². The van der Waals surface area contributed by atoms with E-state index in [4.69, 9.17) is 4.74 Å². The lowest BCUT2D eigenvalue weighted by Gasteiger charge is -2.18. The molecule has 2 rings (SSSR count). The number of ether oxygens (including phenoxy) is 1. The zero-order valence-corrected chi connectivity index (χ0v) is 11.9. The molecular weight excluding hydrogens is 254 g/mol. The Morgan fingerprint density at radius 3 is 2.95 bits per heavy atom. The van der Waals surface area contributed by atoms with Crippen LogP contribution in [0.4, 0.5) is 0 Å². The van der Waals surface area contributed by atoms with Crippen LogP contribution in [0.25, 0.3) is 0 Å². The van der Waals surface area contributed by atoms with Gasteiger partial charge >= 0.3 is 0 Å². The molecule has 0 spiro atoms. The Bertz CT molecular complexity index is 514. The smallest absolute Gasteiger partial charge is 0.119 e. The summed E-state index contributed by atoms with van der Waals surface area (Å²) in [6, 6.07) is 9.92. The van der Waals surface area contributed by atoms with Gasteiger partial charge in [-0.15, -0.1) is 0 Å². The van der Waals surface area contributed by atoms with Crippen molar-refractivity contribution in [1.82, 2.24) is 15.1 Å². The fraction of sp³-hybridized carbons (Fsp3) is 0.400. The van der Waals surface area contributed by atoms with Gasteiger partial charge in [-0.05, 0) is 30.7 Å². The van der Waals surface area contributed by atoms with Crippen LogP contribution in [0.1, 0.15) is 18.5 Å². The van der Waals surface area contributed by atoms with Crippen molar-refractivity contribution in [3.05, 3.63) is 48.3 Å². The van der Waals surface area contributed by atoms with E-state index in [0.29, 0.717) is 13.1 Å². The maximum Gasteiger partial charge on any atom is 0.119 e. The lowest BCUT2D eigenvalue weighted by Crippen LogP contribution is -2.32. The number of rotatable bonds is 7. The second-order valence-corrected chi connectivity index (χ2v) is 4.79. The van der Waals surface area contributed by atoms with E-state index in [-0.39, 0.29) is 6.04 Å². The van der Waals surface area contributed by atoms with E-state index in [0.717, 1.165) is 11.3 Å². The molecule has 0 bridgehead atoms. The molecule has 0 saturated carbocycles. The fourth-order valence-corrected chi connectivity index (χ4v) is 2.03. The predicted molar refractivity (Wildman–Crippen MR) is 77.6 cm³/mol. The summed E-state index contributed by atoms with van der Waals surface area (Å²) in [4.78, 5) is 0. The highest BCUT2D eigenvalue weighted by molar-refractivity contribution is 5.30. The molecule has 20 heavy (non-hydrogen) atoms. The number of aliphatic hydroxyl groups excluding tert-OH is 1. The van der Waals surface area contributed by atoms with Crippen molar-refractivity contribution >= 4 is 0 Å². The first-order valence-corrected chi connectivity index (χ1v) is 6.72. The topological polar surface area (TPSA) is 59.3 Å². The number of methoxy groups -OCH3 is 1. The van der Waals surface area contributed by atoms with Gasteiger partial charge in [-0.2, -0.15) is 5.10 Å². The summed E-state index contributed by atoms with van der Waals surface area (Å²) in [5.74, 6) is 0.841. The van der Waals surface area contributed by atoms with Gasteiger partial charge in [0.15, 0.2) is 0 Å². The third kappa shape index (κ3) is 4.08. The molecular formula is C15H21N3O2. The van der Waals surface area contributed by atoms with E-state index in [1.54, 1.807) is 18.0 Å². The highest BCUT2D eigenvalue weighted by Crippen LogP contribution is 2.18. The van der Waals surface area contributed by atoms with Crippen LogP contribution in [0.15, 0.2) is 42.7 Å². The molecule has 0 amide bonds. The van der Waals surface area contributed by atoms with E-state index >= 15 is 0 Å². The Kier molecular flexibility index (Phi) is 5.15. The largest absolute Gasteiger partial charge is 0.497 e. The minimum absolute atomic E-state index is 0.150. The average Bonchev–Trinajstić information content (AvgIpc) is 2.97. The van der Waals surface area contributed by atoms with Crippen LogP contribution in [-0.4, -0.2) is 34.6 Å². The van der Waals surface area contributed by atoms with Crippen LogP contribution in [0, 0.1) is 0 Å². The van der Waals surface area contributed by atoms with Gasteiger partial charge in [0.2, 0.25) is 0 Å². The van der Waals surface area contributed by atoms with Crippen LogP contribution in [0.2, 0.25) is 0 Å². The monoisotopic (exact) mass is 275 g/mol. The molecule has 0 aliphatic rings. The van der Waals surface area contributed by atoms with Crippen molar-refractivity contribution in [2.45, 2.75) is 25.6 Å². The van der Waals surface area contributed by atoms with Crippen LogP contribution in [-0.2, 0) is 6.54 Å². The maximum atomic E-state index is 9.97. The van der Waals surface area contributed by atoms with Gasteiger partial charge in [0, 0.05) is 25.0 Å². The first-order chi connectivity index (χ1) is 9.69. The minimum Gasteiger partial charge on any atom is -0.497 e. The molecule has 0 aliphatic carbocycles. The number of benzene rings is 1. The highest BCUT2D eigenvalue weighted by atomic mass is 16.5. The minimum atomic E-state index is -0.469. The Balaban J connectivity index is 1.83. The molecule has 0 radical (unpaired) electrons. The normalized spacial score (nSPS) is 13.9. The van der Waals surface area contributed by atoms with Crippen LogP contribution in [0.5, 0.6) is 5.75 Å². The molecule has 1 aromatic heterocycles. The third-order valence-corrected chi connectivity index (χ3v) is 3.21. The quantitative estimate of drug-likeness (QED) is 0.806. The van der Waals surface area contributed by atoms with E-state index < -0.39 is 6.10 Å². The van der Waals surface area contributed by atoms with E-state index in [9.17, 15) is 5.11 Å². The first kappa shape index (κ1) is 14.6.